The number of H-pyrrole nitrogens is 1. The number of nitrogens with one attached hydrogen (secondary N) is 1. The van der Waals surface area contributed by atoms with Gasteiger partial charge in [-0.25, -0.2) is 4.98 Å². The van der Waals surface area contributed by atoms with Crippen molar-refractivity contribution in [2.24, 2.45) is 0 Å². The molecule has 1 aromatic heterocycles. The number of hydrogen-bond donors (Lipinski definition) is 1. The Kier molecular flexibility index (Phi) is 4.62. The molecule has 0 bridgehead atoms. The van der Waals surface area contributed by atoms with Crippen molar-refractivity contribution in [1.82, 2.24) is 9.97 Å². The lowest BCUT2D eigenvalue weighted by atomic mass is 10.1. The molecule has 0 amide bonds. The van der Waals surface area contributed by atoms with Gasteiger partial charge in [-0.3, -0.25) is 9.59 Å². The van der Waals surface area contributed by atoms with Crippen LogP contribution in [0.25, 0.3) is 0 Å². The summed E-state index contributed by atoms with van der Waals surface area (Å²) in [5.41, 5.74) is 0.998. The van der Waals surface area contributed by atoms with E-state index in [4.69, 9.17) is 11.6 Å². The molecule has 0 saturated carbocycles. The van der Waals surface area contributed by atoms with Crippen LogP contribution in [-0.2, 0) is 0 Å². The number of aromatic amines is 1. The van der Waals surface area contributed by atoms with Crippen LogP contribution < -0.4 is 5.56 Å². The van der Waals surface area contributed by atoms with Crippen LogP contribution in [0, 0.1) is 6.92 Å². The van der Waals surface area contributed by atoms with Crippen LogP contribution in [0.4, 0.5) is 0 Å². The van der Waals surface area contributed by atoms with Crippen molar-refractivity contribution in [3.8, 4) is 0 Å². The minimum Gasteiger partial charge on any atom is -0.301 e. The third kappa shape index (κ3) is 3.71. The van der Waals surface area contributed by atoms with Crippen molar-refractivity contribution >= 4 is 29.1 Å². The van der Waals surface area contributed by atoms with Crippen LogP contribution in [0.1, 0.15) is 23.0 Å². The maximum absolute atomic E-state index is 12.2. The number of halogens is 1. The van der Waals surface area contributed by atoms with Crippen molar-refractivity contribution in [2.45, 2.75) is 24.3 Å². The summed E-state index contributed by atoms with van der Waals surface area (Å²) in [6, 6.07) is 8.15. The molecule has 0 fully saturated rings. The number of aryl methyl sites for hydroxylation is 1. The number of hydrogen-bond acceptors (Lipinski definition) is 4. The van der Waals surface area contributed by atoms with Gasteiger partial charge in [0.25, 0.3) is 5.56 Å². The Morgan fingerprint density at radius 3 is 2.60 bits per heavy atom. The van der Waals surface area contributed by atoms with E-state index in [0.29, 0.717) is 21.4 Å². The van der Waals surface area contributed by atoms with Crippen LogP contribution in [0.2, 0.25) is 5.02 Å². The van der Waals surface area contributed by atoms with Crippen molar-refractivity contribution in [3.05, 3.63) is 57.0 Å². The highest BCUT2D eigenvalue weighted by Gasteiger charge is 2.17. The van der Waals surface area contributed by atoms with E-state index in [9.17, 15) is 9.59 Å². The van der Waals surface area contributed by atoms with Crippen LogP contribution in [0.5, 0.6) is 0 Å². The Morgan fingerprint density at radius 2 is 2.00 bits per heavy atom. The fourth-order valence-electron chi connectivity index (χ4n) is 1.68. The average Bonchev–Trinajstić information content (AvgIpc) is 2.37. The number of benzene rings is 1. The molecule has 0 aliphatic heterocycles. The van der Waals surface area contributed by atoms with E-state index in [-0.39, 0.29) is 16.6 Å². The number of carbonyl (C=O) groups excluding carboxylic acids is 1. The second-order valence-corrected chi connectivity index (χ2v) is 6.09. The van der Waals surface area contributed by atoms with Gasteiger partial charge in [0, 0.05) is 22.3 Å². The summed E-state index contributed by atoms with van der Waals surface area (Å²) in [4.78, 5) is 30.4. The number of thioether (sulfide) groups is 1. The van der Waals surface area contributed by atoms with E-state index in [1.54, 1.807) is 38.1 Å². The van der Waals surface area contributed by atoms with Crippen molar-refractivity contribution in [1.29, 1.82) is 0 Å². The minimum absolute atomic E-state index is 0.0316. The molecular weight excluding hydrogens is 296 g/mol. The largest absolute Gasteiger partial charge is 0.301 e. The van der Waals surface area contributed by atoms with Crippen LogP contribution in [-0.4, -0.2) is 21.0 Å². The Morgan fingerprint density at radius 1 is 1.35 bits per heavy atom. The number of nitrogens with zero attached hydrogens (tertiary/aromatic N) is 1. The molecule has 1 unspecified atom stereocenters. The summed E-state index contributed by atoms with van der Waals surface area (Å²) in [5, 5.41) is 0.692. The fourth-order valence-corrected chi connectivity index (χ4v) is 2.74. The van der Waals surface area contributed by atoms with Crippen molar-refractivity contribution in [3.63, 3.8) is 0 Å². The molecule has 0 aliphatic carbocycles. The number of Topliss-reactive ketones (excluding diaryl/α,β-unsaturated/α-hetero) is 1. The Labute approximate surface area is 125 Å². The van der Waals surface area contributed by atoms with Gasteiger partial charge < -0.3 is 4.98 Å². The summed E-state index contributed by atoms with van der Waals surface area (Å²) >= 11 is 7.02. The number of aromatic nitrogens is 2. The second-order valence-electron chi connectivity index (χ2n) is 4.32. The van der Waals surface area contributed by atoms with E-state index in [1.165, 1.54) is 17.8 Å². The van der Waals surface area contributed by atoms with Crippen LogP contribution in [0.15, 0.2) is 40.3 Å². The first-order chi connectivity index (χ1) is 9.45. The topological polar surface area (TPSA) is 62.8 Å². The number of ketones is 1. The fraction of sp³-hybridized carbons (Fsp3) is 0.214. The van der Waals surface area contributed by atoms with E-state index < -0.39 is 0 Å². The van der Waals surface area contributed by atoms with E-state index in [0.717, 1.165) is 0 Å². The smallest absolute Gasteiger partial charge is 0.251 e. The third-order valence-corrected chi connectivity index (χ3v) is 3.87. The molecular formula is C14H13ClN2O2S. The number of rotatable bonds is 4. The minimum atomic E-state index is -0.346. The molecule has 1 heterocycles. The van der Waals surface area contributed by atoms with Gasteiger partial charge in [0.1, 0.15) is 0 Å². The summed E-state index contributed by atoms with van der Waals surface area (Å²) in [5.74, 6) is -0.0316. The lowest BCUT2D eigenvalue weighted by Gasteiger charge is -2.09. The highest BCUT2D eigenvalue weighted by atomic mass is 35.5. The molecule has 4 nitrogen and oxygen atoms in total. The molecule has 6 heteroatoms. The summed E-state index contributed by atoms with van der Waals surface area (Å²) in [7, 11) is 0. The summed E-state index contributed by atoms with van der Waals surface area (Å²) in [6.07, 6.45) is 0. The molecule has 2 aromatic rings. The molecule has 1 N–H and O–H groups in total. The highest BCUT2D eigenvalue weighted by Crippen LogP contribution is 2.22. The normalized spacial score (nSPS) is 12.2. The molecule has 0 aliphatic rings. The predicted molar refractivity (Wildman–Crippen MR) is 80.7 cm³/mol. The molecule has 104 valence electrons. The lowest BCUT2D eigenvalue weighted by Crippen LogP contribution is -2.16. The maximum atomic E-state index is 12.2. The zero-order valence-electron chi connectivity index (χ0n) is 11.0. The first-order valence-electron chi connectivity index (χ1n) is 6.00. The average molecular weight is 309 g/mol. The summed E-state index contributed by atoms with van der Waals surface area (Å²) < 4.78 is 0. The van der Waals surface area contributed by atoms with Gasteiger partial charge in [0.15, 0.2) is 10.9 Å². The van der Waals surface area contributed by atoms with Gasteiger partial charge in [0.05, 0.1) is 5.25 Å². The third-order valence-electron chi connectivity index (χ3n) is 2.63. The standard InChI is InChI=1S/C14H13ClN2O2S/c1-8-7-12(18)17-14(16-8)20-9(2)13(19)10-3-5-11(15)6-4-10/h3-7,9H,1-2H3,(H,16,17,18). The molecule has 0 radical (unpaired) electrons. The molecule has 1 aromatic carbocycles. The van der Waals surface area contributed by atoms with Gasteiger partial charge in [-0.2, -0.15) is 0 Å². The Hall–Kier alpha value is -1.59. The molecule has 2 rings (SSSR count). The van der Waals surface area contributed by atoms with Gasteiger partial charge in [-0.05, 0) is 38.1 Å². The first-order valence-corrected chi connectivity index (χ1v) is 7.26. The monoisotopic (exact) mass is 308 g/mol. The maximum Gasteiger partial charge on any atom is 0.251 e. The van der Waals surface area contributed by atoms with Crippen LogP contribution in [0.3, 0.4) is 0 Å². The van der Waals surface area contributed by atoms with Crippen molar-refractivity contribution < 1.29 is 4.79 Å². The molecule has 0 saturated heterocycles. The molecule has 1 atom stereocenters. The lowest BCUT2D eigenvalue weighted by molar-refractivity contribution is 0.0994. The highest BCUT2D eigenvalue weighted by molar-refractivity contribution is 8.00. The molecule has 0 spiro atoms. The Balaban J connectivity index is 2.15. The van der Waals surface area contributed by atoms with E-state index in [2.05, 4.69) is 9.97 Å². The zero-order valence-corrected chi connectivity index (χ0v) is 12.6. The van der Waals surface area contributed by atoms with Gasteiger partial charge in [0.2, 0.25) is 0 Å². The predicted octanol–water partition coefficient (Wildman–Crippen LogP) is 3.10. The number of carbonyl (C=O) groups is 1. The quantitative estimate of drug-likeness (QED) is 0.535. The summed E-state index contributed by atoms with van der Waals surface area (Å²) in [6.45, 7) is 3.52. The van der Waals surface area contributed by atoms with E-state index in [1.807, 2.05) is 0 Å². The van der Waals surface area contributed by atoms with Gasteiger partial charge >= 0.3 is 0 Å². The molecule has 20 heavy (non-hydrogen) atoms. The van der Waals surface area contributed by atoms with Gasteiger partial charge in [-0.1, -0.05) is 23.4 Å². The van der Waals surface area contributed by atoms with Crippen LogP contribution >= 0.6 is 23.4 Å². The second kappa shape index (κ2) is 6.24. The van der Waals surface area contributed by atoms with E-state index >= 15 is 0 Å². The zero-order chi connectivity index (χ0) is 14.7. The SMILES string of the molecule is Cc1cc(=O)[nH]c(SC(C)C(=O)c2ccc(Cl)cc2)n1. The Bertz CT molecular complexity index is 682. The first kappa shape index (κ1) is 14.8. The van der Waals surface area contributed by atoms with Crippen molar-refractivity contribution in [2.75, 3.05) is 0 Å². The van der Waals surface area contributed by atoms with Gasteiger partial charge in [-0.15, -0.1) is 0 Å².